The molecule has 2 aliphatic rings. The first-order chi connectivity index (χ1) is 11.1. The summed E-state index contributed by atoms with van der Waals surface area (Å²) < 4.78 is 12.0. The minimum atomic E-state index is 0.0849. The van der Waals surface area contributed by atoms with E-state index in [9.17, 15) is 4.79 Å². The number of ketones is 1. The van der Waals surface area contributed by atoms with Crippen LogP contribution in [0.3, 0.4) is 0 Å². The highest BCUT2D eigenvalue weighted by molar-refractivity contribution is 6.00. The van der Waals surface area contributed by atoms with E-state index in [4.69, 9.17) is 9.47 Å². The number of carbonyl (C=O) groups excluding carboxylic acids is 1. The van der Waals surface area contributed by atoms with Gasteiger partial charge in [-0.05, 0) is 49.9 Å². The van der Waals surface area contributed by atoms with Crippen LogP contribution in [0.4, 0.5) is 0 Å². The number of ether oxygens (including phenoxy) is 2. The summed E-state index contributed by atoms with van der Waals surface area (Å²) in [6.45, 7) is 4.55. The Balaban J connectivity index is 1.65. The van der Waals surface area contributed by atoms with E-state index in [1.165, 1.54) is 16.7 Å². The van der Waals surface area contributed by atoms with E-state index in [0.29, 0.717) is 24.3 Å². The fourth-order valence-electron chi connectivity index (χ4n) is 3.57. The first-order valence-electron chi connectivity index (χ1n) is 8.19. The zero-order chi connectivity index (χ0) is 16.0. The highest BCUT2D eigenvalue weighted by Gasteiger charge is 2.27. The lowest BCUT2D eigenvalue weighted by atomic mass is 10.0. The normalized spacial score (nSPS) is 19.0. The van der Waals surface area contributed by atoms with Crippen molar-refractivity contribution in [1.82, 2.24) is 0 Å². The molecule has 0 saturated carbocycles. The Hall–Kier alpha value is -2.29. The monoisotopic (exact) mass is 308 g/mol. The number of hydrogen-bond donors (Lipinski definition) is 0. The van der Waals surface area contributed by atoms with E-state index >= 15 is 0 Å². The van der Waals surface area contributed by atoms with Gasteiger partial charge in [0.05, 0.1) is 12.2 Å². The summed E-state index contributed by atoms with van der Waals surface area (Å²) in [6.07, 6.45) is 2.60. The zero-order valence-electron chi connectivity index (χ0n) is 13.5. The molecule has 1 unspecified atom stereocenters. The number of aryl methyl sites for hydroxylation is 2. The lowest BCUT2D eigenvalue weighted by molar-refractivity contribution is 0.0932. The van der Waals surface area contributed by atoms with Gasteiger partial charge in [0, 0.05) is 12.0 Å². The van der Waals surface area contributed by atoms with Gasteiger partial charge in [-0.1, -0.05) is 23.8 Å². The molecular formula is C20H20O3. The lowest BCUT2D eigenvalue weighted by Gasteiger charge is -2.22. The molecule has 2 aromatic carbocycles. The summed E-state index contributed by atoms with van der Waals surface area (Å²) in [7, 11) is 0. The first kappa shape index (κ1) is 14.3. The van der Waals surface area contributed by atoms with Gasteiger partial charge in [0.2, 0.25) is 0 Å². The summed E-state index contributed by atoms with van der Waals surface area (Å²) in [5.74, 6) is 1.67. The Labute approximate surface area is 136 Å². The molecule has 1 aliphatic heterocycles. The van der Waals surface area contributed by atoms with Crippen LogP contribution < -0.4 is 9.47 Å². The third-order valence-electron chi connectivity index (χ3n) is 4.82. The molecule has 2 aromatic rings. The van der Waals surface area contributed by atoms with Gasteiger partial charge in [-0.2, -0.15) is 0 Å². The SMILES string of the molecule is Cc1ccc2c(c1)CCC2Oc1ccc2c(c1C)OCCC2=O. The minimum Gasteiger partial charge on any atom is -0.492 e. The van der Waals surface area contributed by atoms with Crippen LogP contribution >= 0.6 is 0 Å². The second-order valence-electron chi connectivity index (χ2n) is 6.43. The van der Waals surface area contributed by atoms with E-state index in [1.54, 1.807) is 0 Å². The fraction of sp³-hybridized carbons (Fsp3) is 0.350. The van der Waals surface area contributed by atoms with Crippen LogP contribution in [-0.2, 0) is 6.42 Å². The molecule has 0 bridgehead atoms. The van der Waals surface area contributed by atoms with Gasteiger partial charge < -0.3 is 9.47 Å². The summed E-state index contributed by atoms with van der Waals surface area (Å²) in [5.41, 5.74) is 5.57. The van der Waals surface area contributed by atoms with Crippen molar-refractivity contribution in [1.29, 1.82) is 0 Å². The number of hydrogen-bond acceptors (Lipinski definition) is 3. The Morgan fingerprint density at radius 2 is 2.00 bits per heavy atom. The molecule has 3 heteroatoms. The molecule has 0 radical (unpaired) electrons. The van der Waals surface area contributed by atoms with Crippen LogP contribution in [0.1, 0.15) is 51.6 Å². The van der Waals surface area contributed by atoms with Crippen molar-refractivity contribution in [3.63, 3.8) is 0 Å². The second-order valence-corrected chi connectivity index (χ2v) is 6.43. The number of Topliss-reactive ketones (excluding diaryl/α,β-unsaturated/α-hetero) is 1. The molecule has 1 atom stereocenters. The smallest absolute Gasteiger partial charge is 0.170 e. The van der Waals surface area contributed by atoms with Crippen LogP contribution in [0.2, 0.25) is 0 Å². The first-order valence-corrected chi connectivity index (χ1v) is 8.19. The number of benzene rings is 2. The largest absolute Gasteiger partial charge is 0.492 e. The van der Waals surface area contributed by atoms with Gasteiger partial charge in [0.15, 0.2) is 5.78 Å². The third-order valence-corrected chi connectivity index (χ3v) is 4.82. The van der Waals surface area contributed by atoms with E-state index < -0.39 is 0 Å². The second kappa shape index (κ2) is 5.41. The van der Waals surface area contributed by atoms with Crippen molar-refractivity contribution in [2.24, 2.45) is 0 Å². The predicted octanol–water partition coefficient (Wildman–Crippen LogP) is 4.33. The Kier molecular flexibility index (Phi) is 3.37. The highest BCUT2D eigenvalue weighted by Crippen LogP contribution is 2.40. The van der Waals surface area contributed by atoms with Gasteiger partial charge >= 0.3 is 0 Å². The quantitative estimate of drug-likeness (QED) is 0.828. The Bertz CT molecular complexity index is 792. The van der Waals surface area contributed by atoms with E-state index in [1.807, 2.05) is 19.1 Å². The van der Waals surface area contributed by atoms with Crippen LogP contribution in [0, 0.1) is 13.8 Å². The summed E-state index contributed by atoms with van der Waals surface area (Å²) in [6, 6.07) is 10.3. The summed E-state index contributed by atoms with van der Waals surface area (Å²) in [4.78, 5) is 12.0. The molecule has 118 valence electrons. The van der Waals surface area contributed by atoms with E-state index in [-0.39, 0.29) is 11.9 Å². The van der Waals surface area contributed by atoms with Gasteiger partial charge in [0.25, 0.3) is 0 Å². The highest BCUT2D eigenvalue weighted by atomic mass is 16.5. The van der Waals surface area contributed by atoms with Crippen molar-refractivity contribution >= 4 is 5.78 Å². The average Bonchev–Trinajstić information content (AvgIpc) is 2.93. The molecule has 1 heterocycles. The molecule has 23 heavy (non-hydrogen) atoms. The molecule has 0 N–H and O–H groups in total. The van der Waals surface area contributed by atoms with Gasteiger partial charge in [0.1, 0.15) is 17.6 Å². The van der Waals surface area contributed by atoms with Crippen molar-refractivity contribution in [3.05, 3.63) is 58.1 Å². The van der Waals surface area contributed by atoms with Crippen LogP contribution in [0.5, 0.6) is 11.5 Å². The van der Waals surface area contributed by atoms with Crippen molar-refractivity contribution in [2.75, 3.05) is 6.61 Å². The predicted molar refractivity (Wildman–Crippen MR) is 88.5 cm³/mol. The molecule has 3 nitrogen and oxygen atoms in total. The van der Waals surface area contributed by atoms with Crippen molar-refractivity contribution in [3.8, 4) is 11.5 Å². The van der Waals surface area contributed by atoms with E-state index in [0.717, 1.165) is 24.2 Å². The maximum Gasteiger partial charge on any atom is 0.170 e. The standard InChI is InChI=1S/C20H20O3/c1-12-3-5-15-14(11-12)4-7-19(15)23-18-8-6-16-17(21)9-10-22-20(16)13(18)2/h3,5-6,8,11,19H,4,7,9-10H2,1-2H3. The minimum absolute atomic E-state index is 0.0849. The summed E-state index contributed by atoms with van der Waals surface area (Å²) in [5, 5.41) is 0. The maximum atomic E-state index is 12.0. The van der Waals surface area contributed by atoms with Gasteiger partial charge in [-0.15, -0.1) is 0 Å². The Morgan fingerprint density at radius 1 is 1.13 bits per heavy atom. The molecular weight excluding hydrogens is 288 g/mol. The Morgan fingerprint density at radius 3 is 2.87 bits per heavy atom. The van der Waals surface area contributed by atoms with Gasteiger partial charge in [-0.3, -0.25) is 4.79 Å². The average molecular weight is 308 g/mol. The lowest BCUT2D eigenvalue weighted by Crippen LogP contribution is -2.16. The molecule has 1 aliphatic carbocycles. The molecule has 0 aromatic heterocycles. The summed E-state index contributed by atoms with van der Waals surface area (Å²) >= 11 is 0. The molecule has 4 rings (SSSR count). The van der Waals surface area contributed by atoms with Crippen LogP contribution in [0.15, 0.2) is 30.3 Å². The zero-order valence-corrected chi connectivity index (χ0v) is 13.5. The van der Waals surface area contributed by atoms with Gasteiger partial charge in [-0.25, -0.2) is 0 Å². The molecule has 0 amide bonds. The maximum absolute atomic E-state index is 12.0. The number of rotatable bonds is 2. The van der Waals surface area contributed by atoms with E-state index in [2.05, 4.69) is 25.1 Å². The molecule has 0 spiro atoms. The number of fused-ring (bicyclic) bond motifs is 2. The van der Waals surface area contributed by atoms with Crippen LogP contribution in [0.25, 0.3) is 0 Å². The molecule has 0 saturated heterocycles. The number of carbonyl (C=O) groups is 1. The molecule has 0 fully saturated rings. The topological polar surface area (TPSA) is 35.5 Å². The third kappa shape index (κ3) is 2.40. The van der Waals surface area contributed by atoms with Crippen molar-refractivity contribution < 1.29 is 14.3 Å². The van der Waals surface area contributed by atoms with Crippen molar-refractivity contribution in [2.45, 2.75) is 39.2 Å². The fourth-order valence-corrected chi connectivity index (χ4v) is 3.57. The van der Waals surface area contributed by atoms with Crippen LogP contribution in [-0.4, -0.2) is 12.4 Å².